The number of carbonyl (C=O) groups excluding carboxylic acids is 1. The zero-order chi connectivity index (χ0) is 22.7. The number of aromatic nitrogens is 3. The lowest BCUT2D eigenvalue weighted by Gasteiger charge is -2.32. The van der Waals surface area contributed by atoms with E-state index in [0.29, 0.717) is 18.2 Å². The minimum Gasteiger partial charge on any atom is -0.340 e. The average molecular weight is 434 g/mol. The maximum absolute atomic E-state index is 13.6. The number of amides is 1. The molecule has 2 heterocycles. The van der Waals surface area contributed by atoms with Crippen molar-refractivity contribution in [1.29, 1.82) is 0 Å². The van der Waals surface area contributed by atoms with E-state index in [4.69, 9.17) is 4.98 Å². The minimum atomic E-state index is 0.0231. The molecule has 1 aliphatic carbocycles. The van der Waals surface area contributed by atoms with Crippen LogP contribution in [0.4, 0.5) is 0 Å². The van der Waals surface area contributed by atoms with Crippen LogP contribution in [0.3, 0.4) is 0 Å². The molecule has 0 unspecified atom stereocenters. The number of rotatable bonds is 7. The van der Waals surface area contributed by atoms with Crippen molar-refractivity contribution in [3.05, 3.63) is 48.2 Å². The van der Waals surface area contributed by atoms with Gasteiger partial charge in [-0.1, -0.05) is 49.6 Å². The van der Waals surface area contributed by atoms with Gasteiger partial charge < -0.3 is 9.80 Å². The van der Waals surface area contributed by atoms with Crippen molar-refractivity contribution in [2.24, 2.45) is 0 Å². The quantitative estimate of drug-likeness (QED) is 0.525. The summed E-state index contributed by atoms with van der Waals surface area (Å²) in [6.45, 7) is 5.75. The zero-order valence-electron chi connectivity index (χ0n) is 19.8. The topological polar surface area (TPSA) is 54.3 Å². The Bertz CT molecular complexity index is 1050. The largest absolute Gasteiger partial charge is 0.340 e. The summed E-state index contributed by atoms with van der Waals surface area (Å²) in [5.74, 6) is 0.0231. The van der Waals surface area contributed by atoms with E-state index in [1.54, 1.807) is 6.20 Å². The molecule has 0 atom stereocenters. The van der Waals surface area contributed by atoms with Gasteiger partial charge in [-0.25, -0.2) is 9.67 Å². The second-order valence-corrected chi connectivity index (χ2v) is 9.34. The van der Waals surface area contributed by atoms with E-state index in [9.17, 15) is 4.79 Å². The molecule has 170 valence electrons. The Kier molecular flexibility index (Phi) is 6.89. The Hall–Kier alpha value is -2.73. The molecule has 0 radical (unpaired) electrons. The summed E-state index contributed by atoms with van der Waals surface area (Å²) in [6, 6.07) is 12.8. The molecule has 3 aromatic rings. The first-order chi connectivity index (χ1) is 15.5. The van der Waals surface area contributed by atoms with Crippen LogP contribution in [0.2, 0.25) is 0 Å². The molecule has 32 heavy (non-hydrogen) atoms. The summed E-state index contributed by atoms with van der Waals surface area (Å²) in [4.78, 5) is 22.7. The van der Waals surface area contributed by atoms with E-state index < -0.39 is 0 Å². The first kappa shape index (κ1) is 22.5. The van der Waals surface area contributed by atoms with Gasteiger partial charge in [0.05, 0.1) is 22.8 Å². The fourth-order valence-electron chi connectivity index (χ4n) is 4.65. The normalized spacial score (nSPS) is 15.1. The highest BCUT2D eigenvalue weighted by Crippen LogP contribution is 2.27. The Morgan fingerprint density at radius 1 is 1.09 bits per heavy atom. The fraction of sp³-hybridized carbons (Fsp3) is 0.500. The molecule has 0 bridgehead atoms. The van der Waals surface area contributed by atoms with E-state index in [1.165, 1.54) is 32.1 Å². The summed E-state index contributed by atoms with van der Waals surface area (Å²) >= 11 is 0. The monoisotopic (exact) mass is 433 g/mol. The Morgan fingerprint density at radius 2 is 1.81 bits per heavy atom. The van der Waals surface area contributed by atoms with E-state index >= 15 is 0 Å². The third-order valence-electron chi connectivity index (χ3n) is 6.69. The number of likely N-dealkylation sites (N-methyl/N-ethyl adjacent to an activating group) is 2. The zero-order valence-corrected chi connectivity index (χ0v) is 19.8. The molecule has 6 heteroatoms. The van der Waals surface area contributed by atoms with Gasteiger partial charge >= 0.3 is 0 Å². The number of pyridine rings is 1. The minimum absolute atomic E-state index is 0.0231. The van der Waals surface area contributed by atoms with Gasteiger partial charge in [-0.3, -0.25) is 4.79 Å². The molecule has 1 amide bonds. The van der Waals surface area contributed by atoms with Crippen LogP contribution in [0.1, 0.15) is 62.4 Å². The van der Waals surface area contributed by atoms with Crippen LogP contribution in [0, 0.1) is 0 Å². The molecule has 6 nitrogen and oxygen atoms in total. The molecule has 1 saturated carbocycles. The Balaban J connectivity index is 1.61. The van der Waals surface area contributed by atoms with Crippen LogP contribution < -0.4 is 0 Å². The summed E-state index contributed by atoms with van der Waals surface area (Å²) in [5, 5.41) is 5.36. The molecular formula is C26H35N5O. The first-order valence-electron chi connectivity index (χ1n) is 11.8. The van der Waals surface area contributed by atoms with Crippen LogP contribution in [0.25, 0.3) is 22.3 Å². The van der Waals surface area contributed by atoms with Crippen LogP contribution in [0.5, 0.6) is 0 Å². The molecule has 4 rings (SSSR count). The molecule has 0 saturated heterocycles. The van der Waals surface area contributed by atoms with Gasteiger partial charge in [0.2, 0.25) is 0 Å². The molecular weight excluding hydrogens is 398 g/mol. The van der Waals surface area contributed by atoms with Crippen molar-refractivity contribution >= 4 is 16.9 Å². The van der Waals surface area contributed by atoms with Gasteiger partial charge in [-0.05, 0) is 39.8 Å². The summed E-state index contributed by atoms with van der Waals surface area (Å²) in [6.07, 6.45) is 8.32. The second kappa shape index (κ2) is 9.82. The van der Waals surface area contributed by atoms with Crippen molar-refractivity contribution in [2.75, 3.05) is 27.2 Å². The van der Waals surface area contributed by atoms with Gasteiger partial charge in [-0.15, -0.1) is 0 Å². The van der Waals surface area contributed by atoms with Crippen molar-refractivity contribution < 1.29 is 4.79 Å². The predicted octanol–water partition coefficient (Wildman–Crippen LogP) is 5.02. The molecule has 0 aliphatic heterocycles. The Morgan fingerprint density at radius 3 is 2.50 bits per heavy atom. The second-order valence-electron chi connectivity index (χ2n) is 9.34. The Labute approximate surface area is 191 Å². The molecule has 0 N–H and O–H groups in total. The highest BCUT2D eigenvalue weighted by atomic mass is 16.2. The molecule has 2 aromatic heterocycles. The standard InChI is InChI=1S/C26H35N5O/c1-19(2)31-25-23(18-27-31)22(17-24(28-25)20-11-7-5-8-12-20)26(32)30(4)16-15-29(3)21-13-9-6-10-14-21/h5,7-8,11-12,17-19,21H,6,9-10,13-16H2,1-4H3. The summed E-state index contributed by atoms with van der Waals surface area (Å²) < 4.78 is 1.90. The molecule has 1 fully saturated rings. The number of hydrogen-bond acceptors (Lipinski definition) is 4. The third kappa shape index (κ3) is 4.70. The van der Waals surface area contributed by atoms with E-state index in [2.05, 4.69) is 30.9 Å². The van der Waals surface area contributed by atoms with Gasteiger partial charge in [0.1, 0.15) is 0 Å². The number of hydrogen-bond donors (Lipinski definition) is 0. The summed E-state index contributed by atoms with van der Waals surface area (Å²) in [5.41, 5.74) is 3.23. The smallest absolute Gasteiger partial charge is 0.254 e. The lowest BCUT2D eigenvalue weighted by Crippen LogP contribution is -2.40. The van der Waals surface area contributed by atoms with Crippen molar-refractivity contribution in [3.63, 3.8) is 0 Å². The SMILES string of the molecule is CC(C)n1ncc2c(C(=O)N(C)CCN(C)C3CCCCC3)cc(-c3ccccc3)nc21. The fourth-order valence-corrected chi connectivity index (χ4v) is 4.65. The third-order valence-corrected chi connectivity index (χ3v) is 6.69. The van der Waals surface area contributed by atoms with Gasteiger partial charge in [0, 0.05) is 37.8 Å². The molecule has 1 aromatic carbocycles. The lowest BCUT2D eigenvalue weighted by atomic mass is 9.94. The van der Waals surface area contributed by atoms with Gasteiger partial charge in [-0.2, -0.15) is 5.10 Å². The van der Waals surface area contributed by atoms with Crippen LogP contribution in [0.15, 0.2) is 42.6 Å². The van der Waals surface area contributed by atoms with E-state index in [0.717, 1.165) is 28.8 Å². The molecule has 0 spiro atoms. The maximum atomic E-state index is 13.6. The van der Waals surface area contributed by atoms with Crippen molar-refractivity contribution in [1.82, 2.24) is 24.6 Å². The van der Waals surface area contributed by atoms with Crippen molar-refractivity contribution in [2.45, 2.75) is 58.0 Å². The van der Waals surface area contributed by atoms with E-state index in [-0.39, 0.29) is 11.9 Å². The number of benzene rings is 1. The van der Waals surface area contributed by atoms with Crippen LogP contribution in [-0.4, -0.2) is 63.7 Å². The highest BCUT2D eigenvalue weighted by Gasteiger charge is 2.22. The summed E-state index contributed by atoms with van der Waals surface area (Å²) in [7, 11) is 4.09. The highest BCUT2D eigenvalue weighted by molar-refractivity contribution is 6.06. The maximum Gasteiger partial charge on any atom is 0.254 e. The predicted molar refractivity (Wildman–Crippen MR) is 130 cm³/mol. The van der Waals surface area contributed by atoms with Crippen molar-refractivity contribution in [3.8, 4) is 11.3 Å². The van der Waals surface area contributed by atoms with Crippen LogP contribution in [-0.2, 0) is 0 Å². The van der Waals surface area contributed by atoms with E-state index in [1.807, 2.05) is 53.0 Å². The number of nitrogens with zero attached hydrogens (tertiary/aromatic N) is 5. The lowest BCUT2D eigenvalue weighted by molar-refractivity contribution is 0.0769. The first-order valence-corrected chi connectivity index (χ1v) is 11.8. The average Bonchev–Trinajstić information content (AvgIpc) is 3.27. The number of fused-ring (bicyclic) bond motifs is 1. The van der Waals surface area contributed by atoms with Gasteiger partial charge in [0.25, 0.3) is 5.91 Å². The van der Waals surface area contributed by atoms with Gasteiger partial charge in [0.15, 0.2) is 5.65 Å². The number of carbonyl (C=O) groups is 1. The molecule has 1 aliphatic rings. The van der Waals surface area contributed by atoms with Crippen LogP contribution >= 0.6 is 0 Å².